The lowest BCUT2D eigenvalue weighted by Gasteiger charge is -2.12. The van der Waals surface area contributed by atoms with Gasteiger partial charge in [-0.25, -0.2) is 9.37 Å². The molecule has 1 aromatic carbocycles. The maximum Gasteiger partial charge on any atom is 0.150 e. The van der Waals surface area contributed by atoms with Crippen LogP contribution in [0.5, 0.6) is 0 Å². The Kier molecular flexibility index (Phi) is 4.15. The normalized spacial score (nSPS) is 12.6. The third-order valence-corrected chi connectivity index (χ3v) is 4.67. The third-order valence-electron chi connectivity index (χ3n) is 2.30. The van der Waals surface area contributed by atoms with Gasteiger partial charge in [-0.2, -0.15) is 0 Å². The van der Waals surface area contributed by atoms with Crippen molar-refractivity contribution in [3.8, 4) is 0 Å². The van der Waals surface area contributed by atoms with Crippen molar-refractivity contribution in [2.24, 2.45) is 5.73 Å². The van der Waals surface area contributed by atoms with E-state index in [1.165, 1.54) is 12.1 Å². The van der Waals surface area contributed by atoms with Crippen molar-refractivity contribution >= 4 is 23.1 Å². The minimum Gasteiger partial charge on any atom is -0.329 e. The fourth-order valence-electron chi connectivity index (χ4n) is 1.44. The zero-order chi connectivity index (χ0) is 12.3. The molecule has 0 fully saturated rings. The standard InChI is InChI=1S/C12H13FN2S2/c1-8-7-16-12(15-8)17-11(6-14)9-2-4-10(13)5-3-9/h2-5,7,11H,6,14H2,1H3. The number of halogens is 1. The van der Waals surface area contributed by atoms with E-state index in [4.69, 9.17) is 5.73 Å². The lowest BCUT2D eigenvalue weighted by molar-refractivity contribution is 0.627. The fourth-order valence-corrected chi connectivity index (χ4v) is 3.50. The highest BCUT2D eigenvalue weighted by atomic mass is 32.2. The molecule has 2 aromatic rings. The second-order valence-corrected chi connectivity index (χ2v) is 5.96. The van der Waals surface area contributed by atoms with Crippen LogP contribution in [0.3, 0.4) is 0 Å². The molecule has 0 saturated heterocycles. The average Bonchev–Trinajstić information content (AvgIpc) is 2.73. The topological polar surface area (TPSA) is 38.9 Å². The van der Waals surface area contributed by atoms with E-state index in [-0.39, 0.29) is 11.1 Å². The zero-order valence-electron chi connectivity index (χ0n) is 9.39. The van der Waals surface area contributed by atoms with Gasteiger partial charge < -0.3 is 5.73 Å². The molecule has 2 nitrogen and oxygen atoms in total. The first kappa shape index (κ1) is 12.5. The van der Waals surface area contributed by atoms with Crippen molar-refractivity contribution in [2.45, 2.75) is 16.5 Å². The first-order chi connectivity index (χ1) is 8.19. The first-order valence-corrected chi connectivity index (χ1v) is 6.99. The first-order valence-electron chi connectivity index (χ1n) is 5.23. The predicted octanol–water partition coefficient (Wildman–Crippen LogP) is 3.38. The highest BCUT2D eigenvalue weighted by Gasteiger charge is 2.13. The summed E-state index contributed by atoms with van der Waals surface area (Å²) in [6, 6.07) is 6.48. The van der Waals surface area contributed by atoms with Crippen molar-refractivity contribution in [3.05, 3.63) is 46.7 Å². The molecule has 0 spiro atoms. The molecule has 0 aliphatic carbocycles. The molecular weight excluding hydrogens is 255 g/mol. The molecule has 0 aliphatic rings. The van der Waals surface area contributed by atoms with Crippen LogP contribution in [0.2, 0.25) is 0 Å². The smallest absolute Gasteiger partial charge is 0.150 e. The van der Waals surface area contributed by atoms with E-state index in [9.17, 15) is 4.39 Å². The van der Waals surface area contributed by atoms with Crippen LogP contribution >= 0.6 is 23.1 Å². The number of thioether (sulfide) groups is 1. The van der Waals surface area contributed by atoms with Gasteiger partial charge in [-0.3, -0.25) is 0 Å². The predicted molar refractivity (Wildman–Crippen MR) is 70.9 cm³/mol. The molecule has 1 heterocycles. The Morgan fingerprint density at radius 1 is 1.41 bits per heavy atom. The molecule has 17 heavy (non-hydrogen) atoms. The summed E-state index contributed by atoms with van der Waals surface area (Å²) in [5.41, 5.74) is 7.81. The largest absolute Gasteiger partial charge is 0.329 e. The minimum atomic E-state index is -0.223. The molecule has 1 unspecified atom stereocenters. The van der Waals surface area contributed by atoms with Crippen molar-refractivity contribution in [3.63, 3.8) is 0 Å². The fraction of sp³-hybridized carbons (Fsp3) is 0.250. The Hall–Kier alpha value is -0.910. The summed E-state index contributed by atoms with van der Waals surface area (Å²) in [6.07, 6.45) is 0. The van der Waals surface area contributed by atoms with Gasteiger partial charge in [0.2, 0.25) is 0 Å². The van der Waals surface area contributed by atoms with Crippen LogP contribution < -0.4 is 5.73 Å². The van der Waals surface area contributed by atoms with E-state index in [0.29, 0.717) is 6.54 Å². The highest BCUT2D eigenvalue weighted by Crippen LogP contribution is 2.35. The minimum absolute atomic E-state index is 0.126. The zero-order valence-corrected chi connectivity index (χ0v) is 11.0. The summed E-state index contributed by atoms with van der Waals surface area (Å²) in [6.45, 7) is 2.48. The van der Waals surface area contributed by atoms with Gasteiger partial charge >= 0.3 is 0 Å². The van der Waals surface area contributed by atoms with Crippen molar-refractivity contribution in [1.82, 2.24) is 4.98 Å². The Labute approximate surface area is 108 Å². The van der Waals surface area contributed by atoms with Gasteiger partial charge in [0.15, 0.2) is 4.34 Å². The molecule has 90 valence electrons. The van der Waals surface area contributed by atoms with Gasteiger partial charge in [0.1, 0.15) is 5.82 Å². The molecule has 1 aromatic heterocycles. The summed E-state index contributed by atoms with van der Waals surface area (Å²) >= 11 is 3.24. The van der Waals surface area contributed by atoms with Crippen LogP contribution in [0.15, 0.2) is 34.0 Å². The Morgan fingerprint density at radius 3 is 2.65 bits per heavy atom. The number of aromatic nitrogens is 1. The number of rotatable bonds is 4. The van der Waals surface area contributed by atoms with E-state index < -0.39 is 0 Å². The number of hydrogen-bond donors (Lipinski definition) is 1. The third kappa shape index (κ3) is 3.28. The molecule has 0 saturated carbocycles. The molecule has 0 aliphatic heterocycles. The molecule has 1 atom stereocenters. The summed E-state index contributed by atoms with van der Waals surface area (Å²) < 4.78 is 13.8. The number of nitrogens with two attached hydrogens (primary N) is 1. The second kappa shape index (κ2) is 5.62. The van der Waals surface area contributed by atoms with Crippen molar-refractivity contribution in [1.29, 1.82) is 0 Å². The van der Waals surface area contributed by atoms with E-state index in [1.807, 2.05) is 12.3 Å². The van der Waals surface area contributed by atoms with Crippen LogP contribution in [-0.2, 0) is 0 Å². The van der Waals surface area contributed by atoms with E-state index >= 15 is 0 Å². The summed E-state index contributed by atoms with van der Waals surface area (Å²) in [5, 5.41) is 2.14. The van der Waals surface area contributed by atoms with E-state index in [1.54, 1.807) is 35.2 Å². The van der Waals surface area contributed by atoms with Crippen LogP contribution in [0.4, 0.5) is 4.39 Å². The summed E-state index contributed by atoms with van der Waals surface area (Å²) in [7, 11) is 0. The summed E-state index contributed by atoms with van der Waals surface area (Å²) in [4.78, 5) is 4.39. The van der Waals surface area contributed by atoms with Crippen LogP contribution in [0.1, 0.15) is 16.5 Å². The number of hydrogen-bond acceptors (Lipinski definition) is 4. The Morgan fingerprint density at radius 2 is 2.12 bits per heavy atom. The van der Waals surface area contributed by atoms with Crippen molar-refractivity contribution in [2.75, 3.05) is 6.54 Å². The number of aryl methyl sites for hydroxylation is 1. The van der Waals surface area contributed by atoms with Gasteiger partial charge in [0.05, 0.1) is 0 Å². The number of thiazole rings is 1. The monoisotopic (exact) mass is 268 g/mol. The van der Waals surface area contributed by atoms with Crippen molar-refractivity contribution < 1.29 is 4.39 Å². The lowest BCUT2D eigenvalue weighted by Crippen LogP contribution is -2.09. The number of benzene rings is 1. The van der Waals surface area contributed by atoms with Gasteiger partial charge in [-0.05, 0) is 24.6 Å². The van der Waals surface area contributed by atoms with Gasteiger partial charge in [-0.15, -0.1) is 11.3 Å². The summed E-state index contributed by atoms with van der Waals surface area (Å²) in [5.74, 6) is -0.223. The quantitative estimate of drug-likeness (QED) is 0.864. The Balaban J connectivity index is 2.13. The molecule has 0 amide bonds. The Bertz CT molecular complexity index is 482. The molecule has 2 N–H and O–H groups in total. The van der Waals surface area contributed by atoms with Gasteiger partial charge in [0.25, 0.3) is 0 Å². The SMILES string of the molecule is Cc1csc(SC(CN)c2ccc(F)cc2)n1. The van der Waals surface area contributed by atoms with Crippen LogP contribution in [-0.4, -0.2) is 11.5 Å². The maximum atomic E-state index is 12.8. The average molecular weight is 268 g/mol. The lowest BCUT2D eigenvalue weighted by atomic mass is 10.1. The second-order valence-electron chi connectivity index (χ2n) is 3.65. The highest BCUT2D eigenvalue weighted by molar-refractivity contribution is 8.01. The molecule has 5 heteroatoms. The maximum absolute atomic E-state index is 12.8. The van der Waals surface area contributed by atoms with Gasteiger partial charge in [0, 0.05) is 22.9 Å². The molecular formula is C12H13FN2S2. The molecule has 2 rings (SSSR count). The van der Waals surface area contributed by atoms with Crippen LogP contribution in [0.25, 0.3) is 0 Å². The van der Waals surface area contributed by atoms with Gasteiger partial charge in [-0.1, -0.05) is 23.9 Å². The van der Waals surface area contributed by atoms with E-state index in [0.717, 1.165) is 15.6 Å². The number of nitrogens with zero attached hydrogens (tertiary/aromatic N) is 1. The molecule has 0 bridgehead atoms. The van der Waals surface area contributed by atoms with Crippen LogP contribution in [0, 0.1) is 12.7 Å². The molecule has 0 radical (unpaired) electrons. The van der Waals surface area contributed by atoms with E-state index in [2.05, 4.69) is 4.98 Å².